The Labute approximate surface area is 121 Å². The average molecular weight is 329 g/mol. The van der Waals surface area contributed by atoms with Gasteiger partial charge in [0.15, 0.2) is 0 Å². The Balaban J connectivity index is 2.99. The molecule has 1 aromatic carbocycles. The van der Waals surface area contributed by atoms with Crippen LogP contribution in [-0.4, -0.2) is 30.3 Å². The van der Waals surface area contributed by atoms with Gasteiger partial charge in [-0.05, 0) is 26.0 Å². The molecule has 104 valence electrons. The lowest BCUT2D eigenvalue weighted by Gasteiger charge is -2.11. The SMILES string of the molecule is CCOC(=O)c1ccc(CC(=O)CBr)c(OCC)c1. The average Bonchev–Trinajstić information content (AvgIpc) is 2.41. The van der Waals surface area contributed by atoms with Crippen molar-refractivity contribution in [2.75, 3.05) is 18.5 Å². The highest BCUT2D eigenvalue weighted by molar-refractivity contribution is 9.09. The summed E-state index contributed by atoms with van der Waals surface area (Å²) in [4.78, 5) is 23.1. The van der Waals surface area contributed by atoms with Crippen LogP contribution in [0.25, 0.3) is 0 Å². The largest absolute Gasteiger partial charge is 0.494 e. The summed E-state index contributed by atoms with van der Waals surface area (Å²) < 4.78 is 10.4. The zero-order valence-corrected chi connectivity index (χ0v) is 12.7. The van der Waals surface area contributed by atoms with Gasteiger partial charge in [0.25, 0.3) is 0 Å². The first kappa shape index (κ1) is 15.7. The number of hydrogen-bond acceptors (Lipinski definition) is 4. The van der Waals surface area contributed by atoms with Crippen molar-refractivity contribution in [3.05, 3.63) is 29.3 Å². The molecule has 0 aliphatic rings. The van der Waals surface area contributed by atoms with Gasteiger partial charge in [0.2, 0.25) is 0 Å². The van der Waals surface area contributed by atoms with Crippen LogP contribution in [0.1, 0.15) is 29.8 Å². The molecule has 0 atom stereocenters. The molecule has 19 heavy (non-hydrogen) atoms. The number of Topliss-reactive ketones (excluding diaryl/α,β-unsaturated/α-hetero) is 1. The molecule has 1 aromatic rings. The lowest BCUT2D eigenvalue weighted by Crippen LogP contribution is -2.09. The molecule has 0 heterocycles. The van der Waals surface area contributed by atoms with Gasteiger partial charge in [0.05, 0.1) is 24.1 Å². The van der Waals surface area contributed by atoms with Crippen molar-refractivity contribution in [1.82, 2.24) is 0 Å². The monoisotopic (exact) mass is 328 g/mol. The van der Waals surface area contributed by atoms with E-state index in [9.17, 15) is 9.59 Å². The number of hydrogen-bond donors (Lipinski definition) is 0. The Bertz CT molecular complexity index is 457. The van der Waals surface area contributed by atoms with Gasteiger partial charge >= 0.3 is 5.97 Å². The molecule has 0 N–H and O–H groups in total. The second-order valence-corrected chi connectivity index (χ2v) is 4.39. The first-order chi connectivity index (χ1) is 9.12. The Kier molecular flexibility index (Phi) is 6.56. The predicted molar refractivity (Wildman–Crippen MR) is 76.1 cm³/mol. The third-order valence-corrected chi connectivity index (χ3v) is 3.04. The quantitative estimate of drug-likeness (QED) is 0.570. The number of halogens is 1. The summed E-state index contributed by atoms with van der Waals surface area (Å²) in [6, 6.07) is 5.01. The number of alkyl halides is 1. The summed E-state index contributed by atoms with van der Waals surface area (Å²) in [5, 5.41) is 0.304. The maximum absolute atomic E-state index is 11.6. The van der Waals surface area contributed by atoms with Crippen LogP contribution in [0.2, 0.25) is 0 Å². The number of rotatable bonds is 7. The van der Waals surface area contributed by atoms with Crippen molar-refractivity contribution >= 4 is 27.7 Å². The van der Waals surface area contributed by atoms with E-state index in [4.69, 9.17) is 9.47 Å². The predicted octanol–water partition coefficient (Wildman–Crippen LogP) is 2.77. The Hall–Kier alpha value is -1.36. The Morgan fingerprint density at radius 3 is 2.53 bits per heavy atom. The van der Waals surface area contributed by atoms with Gasteiger partial charge in [-0.3, -0.25) is 4.79 Å². The first-order valence-corrected chi connectivity index (χ1v) is 7.25. The number of carbonyl (C=O) groups excluding carboxylic acids is 2. The van der Waals surface area contributed by atoms with Crippen LogP contribution in [0, 0.1) is 0 Å². The van der Waals surface area contributed by atoms with Crippen LogP contribution < -0.4 is 4.74 Å². The Morgan fingerprint density at radius 1 is 1.21 bits per heavy atom. The van der Waals surface area contributed by atoms with Crippen molar-refractivity contribution in [2.45, 2.75) is 20.3 Å². The molecule has 0 aromatic heterocycles. The first-order valence-electron chi connectivity index (χ1n) is 6.12. The molecular formula is C14H17BrO4. The zero-order valence-electron chi connectivity index (χ0n) is 11.1. The van der Waals surface area contributed by atoms with Gasteiger partial charge < -0.3 is 9.47 Å². The molecule has 1 rings (SSSR count). The topological polar surface area (TPSA) is 52.6 Å². The van der Waals surface area contributed by atoms with E-state index in [1.54, 1.807) is 25.1 Å². The summed E-state index contributed by atoms with van der Waals surface area (Å²) in [7, 11) is 0. The molecule has 0 amide bonds. The van der Waals surface area contributed by atoms with Crippen molar-refractivity contribution < 1.29 is 19.1 Å². The van der Waals surface area contributed by atoms with E-state index in [2.05, 4.69) is 15.9 Å². The van der Waals surface area contributed by atoms with Gasteiger partial charge in [0, 0.05) is 12.0 Å². The smallest absolute Gasteiger partial charge is 0.338 e. The van der Waals surface area contributed by atoms with E-state index in [0.717, 1.165) is 5.56 Å². The fourth-order valence-electron chi connectivity index (χ4n) is 1.59. The van der Waals surface area contributed by atoms with Gasteiger partial charge in [0.1, 0.15) is 11.5 Å². The molecular weight excluding hydrogens is 312 g/mol. The van der Waals surface area contributed by atoms with Crippen molar-refractivity contribution in [3.63, 3.8) is 0 Å². The molecule has 0 unspecified atom stereocenters. The van der Waals surface area contributed by atoms with E-state index in [1.807, 2.05) is 6.92 Å². The van der Waals surface area contributed by atoms with Gasteiger partial charge in [-0.1, -0.05) is 22.0 Å². The summed E-state index contributed by atoms with van der Waals surface area (Å²) in [5.41, 5.74) is 1.21. The van der Waals surface area contributed by atoms with Crippen molar-refractivity contribution in [2.24, 2.45) is 0 Å². The van der Waals surface area contributed by atoms with E-state index in [0.29, 0.717) is 29.9 Å². The number of benzene rings is 1. The van der Waals surface area contributed by atoms with E-state index >= 15 is 0 Å². The summed E-state index contributed by atoms with van der Waals surface area (Å²) in [5.74, 6) is 0.231. The van der Waals surface area contributed by atoms with E-state index in [-0.39, 0.29) is 18.2 Å². The third-order valence-electron chi connectivity index (χ3n) is 2.41. The molecule has 0 aliphatic heterocycles. The second kappa shape index (κ2) is 7.94. The molecule has 5 heteroatoms. The van der Waals surface area contributed by atoms with Gasteiger partial charge in [-0.15, -0.1) is 0 Å². The van der Waals surface area contributed by atoms with E-state index in [1.165, 1.54) is 0 Å². The number of ketones is 1. The summed E-state index contributed by atoms with van der Waals surface area (Å²) >= 11 is 3.13. The highest BCUT2D eigenvalue weighted by Crippen LogP contribution is 2.22. The van der Waals surface area contributed by atoms with Crippen LogP contribution in [0.5, 0.6) is 5.75 Å². The maximum atomic E-state index is 11.6. The van der Waals surface area contributed by atoms with Crippen molar-refractivity contribution in [3.8, 4) is 5.75 Å². The highest BCUT2D eigenvalue weighted by Gasteiger charge is 2.13. The molecule has 4 nitrogen and oxygen atoms in total. The summed E-state index contributed by atoms with van der Waals surface area (Å²) in [6.07, 6.45) is 0.281. The lowest BCUT2D eigenvalue weighted by molar-refractivity contribution is -0.115. The fraction of sp³-hybridized carbons (Fsp3) is 0.429. The minimum Gasteiger partial charge on any atom is -0.494 e. The molecule has 0 saturated carbocycles. The number of carbonyl (C=O) groups is 2. The van der Waals surface area contributed by atoms with E-state index < -0.39 is 0 Å². The molecule has 0 fully saturated rings. The minimum absolute atomic E-state index is 0.0600. The fourth-order valence-corrected chi connectivity index (χ4v) is 1.79. The highest BCUT2D eigenvalue weighted by atomic mass is 79.9. The van der Waals surface area contributed by atoms with Crippen LogP contribution in [-0.2, 0) is 16.0 Å². The number of ether oxygens (including phenoxy) is 2. The summed E-state index contributed by atoms with van der Waals surface area (Å²) in [6.45, 7) is 4.41. The zero-order chi connectivity index (χ0) is 14.3. The molecule has 0 aliphatic carbocycles. The van der Waals surface area contributed by atoms with Crippen molar-refractivity contribution in [1.29, 1.82) is 0 Å². The molecule has 0 radical (unpaired) electrons. The number of esters is 1. The van der Waals surface area contributed by atoms with Gasteiger partial charge in [-0.25, -0.2) is 4.79 Å². The lowest BCUT2D eigenvalue weighted by atomic mass is 10.1. The normalized spacial score (nSPS) is 10.1. The molecule has 0 saturated heterocycles. The third kappa shape index (κ3) is 4.67. The van der Waals surface area contributed by atoms with Crippen LogP contribution in [0.15, 0.2) is 18.2 Å². The second-order valence-electron chi connectivity index (χ2n) is 3.83. The maximum Gasteiger partial charge on any atom is 0.338 e. The van der Waals surface area contributed by atoms with Crippen LogP contribution in [0.3, 0.4) is 0 Å². The standard InChI is InChI=1S/C14H17BrO4/c1-3-18-13-8-11(14(17)19-4-2)6-5-10(13)7-12(16)9-15/h5-6,8H,3-4,7,9H2,1-2H3. The van der Waals surface area contributed by atoms with Gasteiger partial charge in [-0.2, -0.15) is 0 Å². The Morgan fingerprint density at radius 2 is 1.95 bits per heavy atom. The van der Waals surface area contributed by atoms with Crippen LogP contribution in [0.4, 0.5) is 0 Å². The van der Waals surface area contributed by atoms with Crippen LogP contribution >= 0.6 is 15.9 Å². The molecule has 0 spiro atoms. The minimum atomic E-state index is -0.387. The molecule has 0 bridgehead atoms.